The van der Waals surface area contributed by atoms with E-state index in [1.807, 2.05) is 0 Å². The predicted octanol–water partition coefficient (Wildman–Crippen LogP) is 2.41. The molecule has 2 unspecified atom stereocenters. The predicted molar refractivity (Wildman–Crippen MR) is 42.9 cm³/mol. The van der Waals surface area contributed by atoms with Gasteiger partial charge in [-0.2, -0.15) is 0 Å². The maximum Gasteiger partial charge on any atom is 0.0902 e. The van der Waals surface area contributed by atoms with Crippen LogP contribution < -0.4 is 0 Å². The highest BCUT2D eigenvalue weighted by Gasteiger charge is 1.99. The fraction of sp³-hybridized carbons (Fsp3) is 1.00. The Hall–Kier alpha value is 0.690. The van der Waals surface area contributed by atoms with Crippen molar-refractivity contribution in [2.75, 3.05) is 0 Å². The molecule has 0 aromatic heterocycles. The molecule has 0 saturated carbocycles. The molecule has 0 amide bonds. The van der Waals surface area contributed by atoms with E-state index in [-0.39, 0.29) is 6.10 Å². The maximum atomic E-state index is 10.4. The zero-order valence-corrected chi connectivity index (χ0v) is 7.51. The Balaban J connectivity index is 2.93. The van der Waals surface area contributed by atoms with Crippen LogP contribution >= 0.6 is 22.6 Å². The second kappa shape index (κ2) is 4.56. The van der Waals surface area contributed by atoms with E-state index in [1.54, 1.807) is 6.92 Å². The van der Waals surface area contributed by atoms with Crippen LogP contribution in [0.2, 0.25) is 0 Å². The standard InChI is InChI=1S/C6H12IO/c1-5(7)3-4-6(2)8/h5-6H,3-4H2,1-2H3. The molecule has 0 spiro atoms. The number of halogens is 1. The van der Waals surface area contributed by atoms with Crippen LogP contribution in [0.25, 0.3) is 0 Å². The van der Waals surface area contributed by atoms with Crippen molar-refractivity contribution in [1.29, 1.82) is 0 Å². The van der Waals surface area contributed by atoms with Crippen molar-refractivity contribution < 1.29 is 5.11 Å². The van der Waals surface area contributed by atoms with Crippen molar-refractivity contribution >= 4 is 22.6 Å². The van der Waals surface area contributed by atoms with Crippen LogP contribution in [-0.2, 0) is 5.11 Å². The average molecular weight is 227 g/mol. The molecule has 0 heterocycles. The molecular formula is C6H12IO. The summed E-state index contributed by atoms with van der Waals surface area (Å²) in [6, 6.07) is 0. The van der Waals surface area contributed by atoms with Crippen molar-refractivity contribution in [3.8, 4) is 0 Å². The first-order chi connectivity index (χ1) is 3.63. The van der Waals surface area contributed by atoms with Crippen molar-refractivity contribution in [2.45, 2.75) is 36.7 Å². The minimum atomic E-state index is -0.368. The van der Waals surface area contributed by atoms with Gasteiger partial charge < -0.3 is 0 Å². The zero-order chi connectivity index (χ0) is 6.57. The molecule has 0 aliphatic rings. The lowest BCUT2D eigenvalue weighted by Crippen LogP contribution is -2.00. The third-order valence-corrected chi connectivity index (χ3v) is 1.59. The zero-order valence-electron chi connectivity index (χ0n) is 5.36. The van der Waals surface area contributed by atoms with E-state index < -0.39 is 0 Å². The van der Waals surface area contributed by atoms with Crippen molar-refractivity contribution in [3.05, 3.63) is 0 Å². The lowest BCUT2D eigenvalue weighted by atomic mass is 10.2. The normalized spacial score (nSPS) is 18.0. The molecule has 1 radical (unpaired) electrons. The second-order valence-corrected chi connectivity index (χ2v) is 4.30. The lowest BCUT2D eigenvalue weighted by molar-refractivity contribution is 0.0962. The highest BCUT2D eigenvalue weighted by molar-refractivity contribution is 14.1. The third kappa shape index (κ3) is 6.69. The van der Waals surface area contributed by atoms with Gasteiger partial charge in [-0.15, -0.1) is 0 Å². The Bertz CT molecular complexity index is 44.5. The first kappa shape index (κ1) is 8.69. The molecule has 0 rings (SSSR count). The van der Waals surface area contributed by atoms with Crippen LogP contribution in [0.1, 0.15) is 26.7 Å². The van der Waals surface area contributed by atoms with Gasteiger partial charge in [-0.05, 0) is 19.8 Å². The van der Waals surface area contributed by atoms with Crippen molar-refractivity contribution in [1.82, 2.24) is 0 Å². The Labute approximate surface area is 64.6 Å². The summed E-state index contributed by atoms with van der Waals surface area (Å²) in [5.41, 5.74) is 0. The third-order valence-electron chi connectivity index (χ3n) is 0.971. The van der Waals surface area contributed by atoms with Gasteiger partial charge in [-0.1, -0.05) is 29.5 Å². The van der Waals surface area contributed by atoms with Gasteiger partial charge >= 0.3 is 0 Å². The van der Waals surface area contributed by atoms with Gasteiger partial charge in [0.25, 0.3) is 0 Å². The summed E-state index contributed by atoms with van der Waals surface area (Å²) in [5.74, 6) is 0. The van der Waals surface area contributed by atoms with E-state index in [9.17, 15) is 5.11 Å². The number of hydrogen-bond donors (Lipinski definition) is 0. The molecule has 8 heavy (non-hydrogen) atoms. The van der Waals surface area contributed by atoms with Gasteiger partial charge in [0.05, 0.1) is 6.10 Å². The molecule has 2 heteroatoms. The molecule has 0 N–H and O–H groups in total. The second-order valence-electron chi connectivity index (χ2n) is 2.17. The van der Waals surface area contributed by atoms with Crippen molar-refractivity contribution in [3.63, 3.8) is 0 Å². The van der Waals surface area contributed by atoms with Crippen LogP contribution in [0.5, 0.6) is 0 Å². The lowest BCUT2D eigenvalue weighted by Gasteiger charge is -2.01. The Kier molecular flexibility index (Phi) is 4.95. The summed E-state index contributed by atoms with van der Waals surface area (Å²) in [7, 11) is 0. The molecule has 2 atom stereocenters. The monoisotopic (exact) mass is 227 g/mol. The Morgan fingerprint density at radius 3 is 2.00 bits per heavy atom. The van der Waals surface area contributed by atoms with Crippen LogP contribution in [0.3, 0.4) is 0 Å². The fourth-order valence-corrected chi connectivity index (χ4v) is 0.824. The molecule has 0 aromatic carbocycles. The highest BCUT2D eigenvalue weighted by atomic mass is 127. The van der Waals surface area contributed by atoms with Crippen LogP contribution in [0.15, 0.2) is 0 Å². The van der Waals surface area contributed by atoms with E-state index in [0.29, 0.717) is 3.92 Å². The molecule has 0 fully saturated rings. The topological polar surface area (TPSA) is 19.9 Å². The van der Waals surface area contributed by atoms with Crippen LogP contribution in [0.4, 0.5) is 0 Å². The molecule has 0 aliphatic heterocycles. The van der Waals surface area contributed by atoms with E-state index in [0.717, 1.165) is 12.8 Å². The minimum absolute atomic E-state index is 0.368. The van der Waals surface area contributed by atoms with Crippen LogP contribution in [0, 0.1) is 0 Å². The van der Waals surface area contributed by atoms with Gasteiger partial charge in [0.2, 0.25) is 0 Å². The summed E-state index contributed by atoms with van der Waals surface area (Å²) in [5, 5.41) is 10.4. The molecule has 0 bridgehead atoms. The SMILES string of the molecule is CC([O])CCC(C)I. The maximum absolute atomic E-state index is 10.4. The molecular weight excluding hydrogens is 215 g/mol. The largest absolute Gasteiger partial charge is 0.233 e. The van der Waals surface area contributed by atoms with Gasteiger partial charge in [0.15, 0.2) is 0 Å². The number of hydrogen-bond acceptors (Lipinski definition) is 0. The Morgan fingerprint density at radius 1 is 1.38 bits per heavy atom. The van der Waals surface area contributed by atoms with E-state index in [1.165, 1.54) is 0 Å². The van der Waals surface area contributed by atoms with E-state index >= 15 is 0 Å². The fourth-order valence-electron chi connectivity index (χ4n) is 0.464. The summed E-state index contributed by atoms with van der Waals surface area (Å²) in [6.07, 6.45) is 1.52. The van der Waals surface area contributed by atoms with Gasteiger partial charge in [-0.3, -0.25) is 0 Å². The summed E-state index contributed by atoms with van der Waals surface area (Å²) in [6.45, 7) is 3.85. The molecule has 0 aromatic rings. The first-order valence-corrected chi connectivity index (χ1v) is 4.17. The van der Waals surface area contributed by atoms with E-state index in [2.05, 4.69) is 29.5 Å². The molecule has 0 saturated heterocycles. The van der Waals surface area contributed by atoms with Gasteiger partial charge in [-0.25, -0.2) is 5.11 Å². The minimum Gasteiger partial charge on any atom is -0.233 e. The first-order valence-electron chi connectivity index (χ1n) is 2.93. The summed E-state index contributed by atoms with van der Waals surface area (Å²) < 4.78 is 0.656. The number of rotatable bonds is 3. The smallest absolute Gasteiger partial charge is 0.0902 e. The molecule has 49 valence electrons. The number of alkyl halides is 1. The van der Waals surface area contributed by atoms with E-state index in [4.69, 9.17) is 0 Å². The highest BCUT2D eigenvalue weighted by Crippen LogP contribution is 2.08. The van der Waals surface area contributed by atoms with Crippen molar-refractivity contribution in [2.24, 2.45) is 0 Å². The quantitative estimate of drug-likeness (QED) is 0.521. The summed E-state index contributed by atoms with van der Waals surface area (Å²) in [4.78, 5) is 0. The molecule has 0 aliphatic carbocycles. The summed E-state index contributed by atoms with van der Waals surface area (Å²) >= 11 is 2.34. The molecule has 1 nitrogen and oxygen atoms in total. The average Bonchev–Trinajstić information content (AvgIpc) is 1.61. The van der Waals surface area contributed by atoms with Gasteiger partial charge in [0, 0.05) is 3.92 Å². The Morgan fingerprint density at radius 2 is 1.88 bits per heavy atom. The van der Waals surface area contributed by atoms with Gasteiger partial charge in [0.1, 0.15) is 0 Å². The van der Waals surface area contributed by atoms with Crippen LogP contribution in [-0.4, -0.2) is 10.0 Å².